The summed E-state index contributed by atoms with van der Waals surface area (Å²) in [5.74, 6) is 1.69. The zero-order chi connectivity index (χ0) is 12.3. The van der Waals surface area contributed by atoms with Gasteiger partial charge >= 0.3 is 0 Å². The molecule has 0 radical (unpaired) electrons. The van der Waals surface area contributed by atoms with Crippen LogP contribution in [-0.2, 0) is 0 Å². The molecule has 0 aromatic rings. The molecule has 4 heteroatoms. The largest absolute Gasteiger partial charge is 0.359 e. The molecule has 3 nitrogen and oxygen atoms in total. The Morgan fingerprint density at radius 2 is 2.06 bits per heavy atom. The van der Waals surface area contributed by atoms with Crippen LogP contribution < -0.4 is 5.32 Å². The Morgan fingerprint density at radius 3 is 2.44 bits per heavy atom. The molecule has 0 spiro atoms. The fraction of sp³-hybridized carbons (Fsp3) is 0.917. The van der Waals surface area contributed by atoms with Crippen molar-refractivity contribution in [3.8, 4) is 0 Å². The normalized spacial score (nSPS) is 24.1. The SMILES string of the molecule is CC(C)C(CN(C)C)N=C1NC(C)(C)CS1. The molecule has 0 aromatic carbocycles. The van der Waals surface area contributed by atoms with E-state index in [-0.39, 0.29) is 5.54 Å². The van der Waals surface area contributed by atoms with E-state index in [2.05, 4.69) is 52.0 Å². The van der Waals surface area contributed by atoms with Crippen LogP contribution in [0.1, 0.15) is 27.7 Å². The van der Waals surface area contributed by atoms with E-state index in [9.17, 15) is 0 Å². The maximum Gasteiger partial charge on any atom is 0.157 e. The Balaban J connectivity index is 2.64. The fourth-order valence-corrected chi connectivity index (χ4v) is 2.73. The molecule has 1 rings (SSSR count). The molecule has 1 saturated heterocycles. The van der Waals surface area contributed by atoms with Crippen molar-refractivity contribution in [3.63, 3.8) is 0 Å². The van der Waals surface area contributed by atoms with Gasteiger partial charge in [0.25, 0.3) is 0 Å². The van der Waals surface area contributed by atoms with Crippen LogP contribution in [-0.4, -0.2) is 48.0 Å². The lowest BCUT2D eigenvalue weighted by molar-refractivity contribution is 0.331. The van der Waals surface area contributed by atoms with Crippen molar-refractivity contribution in [1.29, 1.82) is 0 Å². The molecule has 1 heterocycles. The first-order valence-corrected chi connectivity index (χ1v) is 6.92. The molecule has 0 amide bonds. The van der Waals surface area contributed by atoms with Gasteiger partial charge in [0.2, 0.25) is 0 Å². The van der Waals surface area contributed by atoms with E-state index in [1.54, 1.807) is 0 Å². The number of hydrogen-bond acceptors (Lipinski definition) is 3. The minimum atomic E-state index is 0.198. The van der Waals surface area contributed by atoms with Gasteiger partial charge in [0.05, 0.1) is 6.04 Å². The van der Waals surface area contributed by atoms with Crippen LogP contribution in [0.4, 0.5) is 0 Å². The summed E-state index contributed by atoms with van der Waals surface area (Å²) >= 11 is 1.84. The number of hydrogen-bond donors (Lipinski definition) is 1. The number of likely N-dealkylation sites (N-methyl/N-ethyl adjacent to an activating group) is 1. The molecule has 94 valence electrons. The highest BCUT2D eigenvalue weighted by Gasteiger charge is 2.28. The van der Waals surface area contributed by atoms with E-state index < -0.39 is 0 Å². The zero-order valence-corrected chi connectivity index (χ0v) is 12.2. The van der Waals surface area contributed by atoms with E-state index >= 15 is 0 Å². The molecular weight excluding hydrogens is 218 g/mol. The lowest BCUT2D eigenvalue weighted by atomic mass is 10.1. The minimum absolute atomic E-state index is 0.198. The highest BCUT2D eigenvalue weighted by molar-refractivity contribution is 8.14. The number of nitrogens with zero attached hydrogens (tertiary/aromatic N) is 2. The summed E-state index contributed by atoms with van der Waals surface area (Å²) in [4.78, 5) is 7.05. The molecule has 0 aromatic heterocycles. The first kappa shape index (κ1) is 13.8. The predicted octanol–water partition coefficient (Wildman–Crippen LogP) is 2.04. The van der Waals surface area contributed by atoms with Crippen LogP contribution in [0.3, 0.4) is 0 Å². The zero-order valence-electron chi connectivity index (χ0n) is 11.4. The van der Waals surface area contributed by atoms with Crippen LogP contribution in [0.15, 0.2) is 4.99 Å². The summed E-state index contributed by atoms with van der Waals surface area (Å²) < 4.78 is 0. The van der Waals surface area contributed by atoms with E-state index in [4.69, 9.17) is 4.99 Å². The summed E-state index contributed by atoms with van der Waals surface area (Å²) in [7, 11) is 4.21. The van der Waals surface area contributed by atoms with Crippen LogP contribution >= 0.6 is 11.8 Å². The monoisotopic (exact) mass is 243 g/mol. The minimum Gasteiger partial charge on any atom is -0.359 e. The highest BCUT2D eigenvalue weighted by atomic mass is 32.2. The maximum atomic E-state index is 4.84. The van der Waals surface area contributed by atoms with Gasteiger partial charge < -0.3 is 10.2 Å². The average molecular weight is 243 g/mol. The maximum absolute atomic E-state index is 4.84. The van der Waals surface area contributed by atoms with Crippen molar-refractivity contribution in [2.45, 2.75) is 39.3 Å². The molecule has 1 aliphatic rings. The summed E-state index contributed by atoms with van der Waals surface area (Å²) in [6, 6.07) is 0.388. The third-order valence-corrected chi connectivity index (χ3v) is 3.97. The Bertz CT molecular complexity index is 259. The van der Waals surface area contributed by atoms with Gasteiger partial charge in [0.1, 0.15) is 0 Å². The first-order valence-electron chi connectivity index (χ1n) is 5.94. The summed E-state index contributed by atoms with van der Waals surface area (Å²) in [5.41, 5.74) is 0.198. The highest BCUT2D eigenvalue weighted by Crippen LogP contribution is 2.23. The van der Waals surface area contributed by atoms with Gasteiger partial charge in [-0.3, -0.25) is 4.99 Å². The fourth-order valence-electron chi connectivity index (χ4n) is 1.61. The molecule has 1 fully saturated rings. The van der Waals surface area contributed by atoms with Crippen molar-refractivity contribution < 1.29 is 0 Å². The van der Waals surface area contributed by atoms with E-state index in [0.29, 0.717) is 12.0 Å². The number of aliphatic imine (C=N–C) groups is 1. The van der Waals surface area contributed by atoms with E-state index in [1.807, 2.05) is 11.8 Å². The number of thioether (sulfide) groups is 1. The van der Waals surface area contributed by atoms with Crippen molar-refractivity contribution in [1.82, 2.24) is 10.2 Å². The third kappa shape index (κ3) is 4.34. The van der Waals surface area contributed by atoms with Crippen LogP contribution in [0.25, 0.3) is 0 Å². The lowest BCUT2D eigenvalue weighted by Crippen LogP contribution is -2.38. The average Bonchev–Trinajstić information content (AvgIpc) is 2.43. The molecule has 0 saturated carbocycles. The molecule has 1 atom stereocenters. The number of amidine groups is 1. The van der Waals surface area contributed by atoms with Gasteiger partial charge in [0.15, 0.2) is 5.17 Å². The molecule has 1 unspecified atom stereocenters. The molecule has 1 N–H and O–H groups in total. The Morgan fingerprint density at radius 1 is 1.44 bits per heavy atom. The third-order valence-electron chi connectivity index (χ3n) is 2.62. The van der Waals surface area contributed by atoms with Crippen LogP contribution in [0.2, 0.25) is 0 Å². The quantitative estimate of drug-likeness (QED) is 0.819. The topological polar surface area (TPSA) is 27.6 Å². The van der Waals surface area contributed by atoms with Crippen molar-refractivity contribution in [3.05, 3.63) is 0 Å². The van der Waals surface area contributed by atoms with Crippen LogP contribution in [0, 0.1) is 5.92 Å². The second-order valence-electron chi connectivity index (χ2n) is 5.81. The van der Waals surface area contributed by atoms with E-state index in [0.717, 1.165) is 17.5 Å². The molecule has 1 aliphatic heterocycles. The van der Waals surface area contributed by atoms with Crippen molar-refractivity contribution in [2.24, 2.45) is 10.9 Å². The predicted molar refractivity (Wildman–Crippen MR) is 74.3 cm³/mol. The van der Waals surface area contributed by atoms with Crippen LogP contribution in [0.5, 0.6) is 0 Å². The Hall–Kier alpha value is -0.220. The number of nitrogens with one attached hydrogen (secondary N) is 1. The molecule has 0 aliphatic carbocycles. The Labute approximate surface area is 104 Å². The lowest BCUT2D eigenvalue weighted by Gasteiger charge is -2.22. The first-order chi connectivity index (χ1) is 7.30. The second-order valence-corrected chi connectivity index (χ2v) is 6.77. The number of rotatable bonds is 4. The van der Waals surface area contributed by atoms with Gasteiger partial charge in [-0.15, -0.1) is 0 Å². The van der Waals surface area contributed by atoms with Gasteiger partial charge in [0, 0.05) is 17.8 Å². The summed E-state index contributed by atoms with van der Waals surface area (Å²) in [5, 5.41) is 4.60. The summed E-state index contributed by atoms with van der Waals surface area (Å²) in [6.07, 6.45) is 0. The van der Waals surface area contributed by atoms with Gasteiger partial charge in [-0.25, -0.2) is 0 Å². The Kier molecular flexibility index (Phi) is 4.68. The second kappa shape index (κ2) is 5.41. The standard InChI is InChI=1S/C12H25N3S/c1-9(2)10(7-15(5)6)13-11-14-12(3,4)8-16-11/h9-10H,7-8H2,1-6H3,(H,13,14). The molecule has 0 bridgehead atoms. The van der Waals surface area contributed by atoms with Gasteiger partial charge in [-0.05, 0) is 33.9 Å². The molecular formula is C12H25N3S. The van der Waals surface area contributed by atoms with Crippen molar-refractivity contribution >= 4 is 16.9 Å². The van der Waals surface area contributed by atoms with E-state index in [1.165, 1.54) is 0 Å². The molecule has 16 heavy (non-hydrogen) atoms. The van der Waals surface area contributed by atoms with Gasteiger partial charge in [-0.1, -0.05) is 25.6 Å². The van der Waals surface area contributed by atoms with Gasteiger partial charge in [-0.2, -0.15) is 0 Å². The smallest absolute Gasteiger partial charge is 0.157 e. The summed E-state index contributed by atoms with van der Waals surface area (Å²) in [6.45, 7) is 9.94. The van der Waals surface area contributed by atoms with Crippen molar-refractivity contribution in [2.75, 3.05) is 26.4 Å².